The quantitative estimate of drug-likeness (QED) is 0.755. The molecular formula is C20H17FN2O2S. The molecule has 1 atom stereocenters. The van der Waals surface area contributed by atoms with E-state index in [9.17, 15) is 9.18 Å². The first-order valence-electron chi connectivity index (χ1n) is 8.38. The molecule has 3 aromatic rings. The number of carbonyl (C=O) groups excluding carboxylic acids is 1. The third-order valence-electron chi connectivity index (χ3n) is 4.33. The maximum Gasteiger partial charge on any atom is 0.233 e. The lowest BCUT2D eigenvalue weighted by Crippen LogP contribution is -2.32. The minimum Gasteiger partial charge on any atom is -0.492 e. The molecule has 0 saturated carbocycles. The highest BCUT2D eigenvalue weighted by atomic mass is 32.1. The molecular weight excluding hydrogens is 351 g/mol. The second-order valence-electron chi connectivity index (χ2n) is 6.24. The van der Waals surface area contributed by atoms with Crippen LogP contribution in [0.3, 0.4) is 0 Å². The van der Waals surface area contributed by atoms with Gasteiger partial charge in [-0.25, -0.2) is 9.37 Å². The van der Waals surface area contributed by atoms with Gasteiger partial charge < -0.3 is 10.1 Å². The number of ether oxygens (including phenoxy) is 1. The number of anilines is 1. The van der Waals surface area contributed by atoms with Crippen molar-refractivity contribution in [3.05, 3.63) is 76.5 Å². The van der Waals surface area contributed by atoms with Crippen LogP contribution in [0.15, 0.2) is 54.7 Å². The predicted octanol–water partition coefficient (Wildman–Crippen LogP) is 4.06. The number of fused-ring (bicyclic) bond motifs is 1. The molecule has 0 aliphatic carbocycles. The van der Waals surface area contributed by atoms with Crippen molar-refractivity contribution in [1.82, 2.24) is 4.98 Å². The van der Waals surface area contributed by atoms with Crippen molar-refractivity contribution in [2.45, 2.75) is 12.8 Å². The van der Waals surface area contributed by atoms with Gasteiger partial charge in [-0.1, -0.05) is 30.3 Å². The van der Waals surface area contributed by atoms with Crippen molar-refractivity contribution < 1.29 is 13.9 Å². The van der Waals surface area contributed by atoms with Gasteiger partial charge in [0.05, 0.1) is 5.92 Å². The number of hydrogen-bond acceptors (Lipinski definition) is 4. The van der Waals surface area contributed by atoms with Gasteiger partial charge in [-0.05, 0) is 35.7 Å². The van der Waals surface area contributed by atoms with Gasteiger partial charge >= 0.3 is 0 Å². The van der Waals surface area contributed by atoms with E-state index < -0.39 is 0 Å². The summed E-state index contributed by atoms with van der Waals surface area (Å²) in [6, 6.07) is 14.2. The number of nitrogens with zero attached hydrogens (tertiary/aromatic N) is 1. The molecule has 6 heteroatoms. The Hall–Kier alpha value is -2.73. The molecule has 0 spiro atoms. The highest BCUT2D eigenvalue weighted by Gasteiger charge is 2.26. The Bertz CT molecular complexity index is 924. The molecule has 0 fully saturated rings. The normalized spacial score (nSPS) is 15.8. The van der Waals surface area contributed by atoms with Crippen LogP contribution in [-0.4, -0.2) is 17.5 Å². The van der Waals surface area contributed by atoms with Crippen LogP contribution in [0.25, 0.3) is 0 Å². The SMILES string of the molecule is O=C(Nc1ncc(Cc2ccc(F)cc2)s1)[C@H]1COc2ccccc2C1. The van der Waals surface area contributed by atoms with E-state index in [1.807, 2.05) is 24.3 Å². The summed E-state index contributed by atoms with van der Waals surface area (Å²) in [5.41, 5.74) is 2.06. The summed E-state index contributed by atoms with van der Waals surface area (Å²) in [6.07, 6.45) is 3.07. The summed E-state index contributed by atoms with van der Waals surface area (Å²) in [4.78, 5) is 17.8. The fourth-order valence-electron chi connectivity index (χ4n) is 2.95. The number of nitrogens with one attached hydrogen (secondary N) is 1. The Morgan fingerprint density at radius 2 is 2.04 bits per heavy atom. The van der Waals surface area contributed by atoms with Crippen molar-refractivity contribution in [3.8, 4) is 5.75 Å². The fourth-order valence-corrected chi connectivity index (χ4v) is 3.80. The number of hydrogen-bond donors (Lipinski definition) is 1. The maximum atomic E-state index is 13.0. The average molecular weight is 368 g/mol. The Morgan fingerprint density at radius 1 is 1.23 bits per heavy atom. The van der Waals surface area contributed by atoms with Crippen LogP contribution in [0.1, 0.15) is 16.0 Å². The van der Waals surface area contributed by atoms with Crippen molar-refractivity contribution in [2.75, 3.05) is 11.9 Å². The lowest BCUT2D eigenvalue weighted by molar-refractivity contribution is -0.121. The highest BCUT2D eigenvalue weighted by molar-refractivity contribution is 7.15. The average Bonchev–Trinajstić information content (AvgIpc) is 3.10. The first-order chi connectivity index (χ1) is 12.7. The summed E-state index contributed by atoms with van der Waals surface area (Å²) >= 11 is 1.43. The molecule has 0 bridgehead atoms. The summed E-state index contributed by atoms with van der Waals surface area (Å²) in [5, 5.41) is 3.46. The zero-order valence-electron chi connectivity index (χ0n) is 13.9. The van der Waals surface area contributed by atoms with Crippen molar-refractivity contribution in [1.29, 1.82) is 0 Å². The van der Waals surface area contributed by atoms with E-state index in [-0.39, 0.29) is 17.6 Å². The lowest BCUT2D eigenvalue weighted by atomic mass is 9.96. The van der Waals surface area contributed by atoms with Gasteiger partial charge in [0.25, 0.3) is 0 Å². The minimum absolute atomic E-state index is 0.0813. The Morgan fingerprint density at radius 3 is 2.88 bits per heavy atom. The molecule has 26 heavy (non-hydrogen) atoms. The zero-order chi connectivity index (χ0) is 17.9. The van der Waals surface area contributed by atoms with Gasteiger partial charge in [-0.2, -0.15) is 0 Å². The van der Waals surface area contributed by atoms with E-state index in [1.165, 1.54) is 23.5 Å². The molecule has 1 aromatic heterocycles. The number of para-hydroxylation sites is 1. The van der Waals surface area contributed by atoms with E-state index in [0.717, 1.165) is 21.8 Å². The molecule has 0 saturated heterocycles. The topological polar surface area (TPSA) is 51.2 Å². The largest absolute Gasteiger partial charge is 0.492 e. The zero-order valence-corrected chi connectivity index (χ0v) is 14.8. The highest BCUT2D eigenvalue weighted by Crippen LogP contribution is 2.28. The monoisotopic (exact) mass is 368 g/mol. The van der Waals surface area contributed by atoms with Gasteiger partial charge in [-0.15, -0.1) is 11.3 Å². The van der Waals surface area contributed by atoms with Gasteiger partial charge in [0.2, 0.25) is 5.91 Å². The van der Waals surface area contributed by atoms with Crippen LogP contribution in [0.5, 0.6) is 5.75 Å². The fraction of sp³-hybridized carbons (Fsp3) is 0.200. The van der Waals surface area contributed by atoms with E-state index in [4.69, 9.17) is 4.74 Å². The summed E-state index contributed by atoms with van der Waals surface area (Å²) in [7, 11) is 0. The van der Waals surface area contributed by atoms with Crippen molar-refractivity contribution in [3.63, 3.8) is 0 Å². The number of carbonyl (C=O) groups is 1. The summed E-state index contributed by atoms with van der Waals surface area (Å²) in [6.45, 7) is 0.372. The van der Waals surface area contributed by atoms with Gasteiger partial charge in [-0.3, -0.25) is 4.79 Å². The number of aromatic nitrogens is 1. The predicted molar refractivity (Wildman–Crippen MR) is 99.1 cm³/mol. The van der Waals surface area contributed by atoms with Crippen LogP contribution in [0.4, 0.5) is 9.52 Å². The molecule has 1 aliphatic heterocycles. The molecule has 1 amide bonds. The Labute approximate surface area is 154 Å². The summed E-state index contributed by atoms with van der Waals surface area (Å²) < 4.78 is 18.7. The molecule has 4 nitrogen and oxygen atoms in total. The number of halogens is 1. The lowest BCUT2D eigenvalue weighted by Gasteiger charge is -2.24. The van der Waals surface area contributed by atoms with Crippen LogP contribution in [0.2, 0.25) is 0 Å². The van der Waals surface area contributed by atoms with Crippen LogP contribution < -0.4 is 10.1 Å². The molecule has 0 radical (unpaired) electrons. The van der Waals surface area contributed by atoms with E-state index in [0.29, 0.717) is 24.6 Å². The Kier molecular flexibility index (Phi) is 4.67. The van der Waals surface area contributed by atoms with E-state index in [2.05, 4.69) is 10.3 Å². The first kappa shape index (κ1) is 16.7. The molecule has 4 rings (SSSR count). The second-order valence-corrected chi connectivity index (χ2v) is 7.36. The van der Waals surface area contributed by atoms with Crippen molar-refractivity contribution in [2.24, 2.45) is 5.92 Å². The minimum atomic E-state index is -0.248. The van der Waals surface area contributed by atoms with E-state index >= 15 is 0 Å². The maximum absolute atomic E-state index is 13.0. The number of benzene rings is 2. The van der Waals surface area contributed by atoms with E-state index in [1.54, 1.807) is 18.3 Å². The molecule has 132 valence electrons. The van der Waals surface area contributed by atoms with Crippen LogP contribution in [0, 0.1) is 11.7 Å². The molecule has 0 unspecified atom stereocenters. The molecule has 2 heterocycles. The van der Waals surface area contributed by atoms with Crippen molar-refractivity contribution >= 4 is 22.4 Å². The number of rotatable bonds is 4. The van der Waals surface area contributed by atoms with Gasteiger partial charge in [0.1, 0.15) is 18.2 Å². The number of amides is 1. The molecule has 2 aromatic carbocycles. The van der Waals surface area contributed by atoms with Gasteiger partial charge in [0.15, 0.2) is 5.13 Å². The third kappa shape index (κ3) is 3.75. The summed E-state index contributed by atoms with van der Waals surface area (Å²) in [5.74, 6) is 0.297. The molecule has 1 N–H and O–H groups in total. The van der Waals surface area contributed by atoms with Crippen LogP contribution in [-0.2, 0) is 17.6 Å². The van der Waals surface area contributed by atoms with Gasteiger partial charge in [0, 0.05) is 17.5 Å². The second kappa shape index (κ2) is 7.25. The Balaban J connectivity index is 1.38. The number of thiazole rings is 1. The molecule has 1 aliphatic rings. The third-order valence-corrected chi connectivity index (χ3v) is 5.24. The van der Waals surface area contributed by atoms with Crippen LogP contribution >= 0.6 is 11.3 Å². The first-order valence-corrected chi connectivity index (χ1v) is 9.20. The standard InChI is InChI=1S/C20H17FN2O2S/c21-16-7-5-13(6-8-16)9-17-11-22-20(26-17)23-19(24)15-10-14-3-1-2-4-18(14)25-12-15/h1-8,11,15H,9-10,12H2,(H,22,23,24)/t15-/m1/s1. The smallest absolute Gasteiger partial charge is 0.233 e.